The number of benzene rings is 1. The molecule has 3 N–H and O–H groups in total. The predicted octanol–water partition coefficient (Wildman–Crippen LogP) is 2.71. The maximum absolute atomic E-state index is 11.9. The number of anilines is 1. The molecule has 126 valence electrons. The second-order valence-corrected chi connectivity index (χ2v) is 6.15. The number of aliphatic hydroxyl groups is 1. The SMILES string of the molecule is O=C(CCC1CCCC1)Nc1ccc(C(=O)NCCCO)cc1. The van der Waals surface area contributed by atoms with E-state index in [0.29, 0.717) is 36.6 Å². The van der Waals surface area contributed by atoms with Crippen LogP contribution in [0.5, 0.6) is 0 Å². The van der Waals surface area contributed by atoms with Crippen LogP contribution < -0.4 is 10.6 Å². The van der Waals surface area contributed by atoms with E-state index in [0.717, 1.165) is 6.42 Å². The van der Waals surface area contributed by atoms with Gasteiger partial charge in [-0.05, 0) is 43.0 Å². The molecule has 1 aromatic carbocycles. The summed E-state index contributed by atoms with van der Waals surface area (Å²) in [5, 5.41) is 14.3. The molecule has 0 aromatic heterocycles. The van der Waals surface area contributed by atoms with E-state index in [9.17, 15) is 9.59 Å². The van der Waals surface area contributed by atoms with E-state index >= 15 is 0 Å². The molecule has 23 heavy (non-hydrogen) atoms. The molecule has 0 atom stereocenters. The molecule has 0 bridgehead atoms. The molecule has 1 aromatic rings. The van der Waals surface area contributed by atoms with Crippen molar-refractivity contribution in [2.45, 2.75) is 44.9 Å². The molecular weight excluding hydrogens is 292 g/mol. The van der Waals surface area contributed by atoms with Crippen LogP contribution in [0.2, 0.25) is 0 Å². The molecule has 0 heterocycles. The van der Waals surface area contributed by atoms with Gasteiger partial charge in [0.05, 0.1) is 0 Å². The average Bonchev–Trinajstić information content (AvgIpc) is 3.07. The predicted molar refractivity (Wildman–Crippen MR) is 90.3 cm³/mol. The van der Waals surface area contributed by atoms with E-state index in [1.165, 1.54) is 25.7 Å². The lowest BCUT2D eigenvalue weighted by Crippen LogP contribution is -2.25. The zero-order chi connectivity index (χ0) is 16.5. The van der Waals surface area contributed by atoms with Gasteiger partial charge in [-0.15, -0.1) is 0 Å². The summed E-state index contributed by atoms with van der Waals surface area (Å²) in [6, 6.07) is 6.88. The van der Waals surface area contributed by atoms with E-state index < -0.39 is 0 Å². The van der Waals surface area contributed by atoms with Gasteiger partial charge in [0.1, 0.15) is 0 Å². The summed E-state index contributed by atoms with van der Waals surface area (Å²) in [6.45, 7) is 0.515. The van der Waals surface area contributed by atoms with Crippen LogP contribution in [-0.4, -0.2) is 30.1 Å². The molecule has 0 unspecified atom stereocenters. The van der Waals surface area contributed by atoms with Crippen LogP contribution in [0.1, 0.15) is 55.3 Å². The molecule has 5 nitrogen and oxygen atoms in total. The van der Waals surface area contributed by atoms with Crippen LogP contribution in [0.15, 0.2) is 24.3 Å². The summed E-state index contributed by atoms with van der Waals surface area (Å²) in [5.74, 6) is 0.584. The third-order valence-corrected chi connectivity index (χ3v) is 4.31. The zero-order valence-electron chi connectivity index (χ0n) is 13.5. The fourth-order valence-electron chi connectivity index (χ4n) is 2.95. The number of nitrogens with one attached hydrogen (secondary N) is 2. The third-order valence-electron chi connectivity index (χ3n) is 4.31. The lowest BCUT2D eigenvalue weighted by Gasteiger charge is -2.10. The number of hydrogen-bond acceptors (Lipinski definition) is 3. The normalized spacial score (nSPS) is 14.7. The van der Waals surface area contributed by atoms with E-state index in [1.54, 1.807) is 24.3 Å². The molecular formula is C18H26N2O3. The zero-order valence-corrected chi connectivity index (χ0v) is 13.5. The first-order valence-corrected chi connectivity index (χ1v) is 8.48. The van der Waals surface area contributed by atoms with Gasteiger partial charge < -0.3 is 15.7 Å². The van der Waals surface area contributed by atoms with Crippen molar-refractivity contribution in [3.05, 3.63) is 29.8 Å². The number of aliphatic hydroxyl groups excluding tert-OH is 1. The molecule has 1 aliphatic rings. The van der Waals surface area contributed by atoms with Gasteiger partial charge in [0.25, 0.3) is 5.91 Å². The van der Waals surface area contributed by atoms with E-state index in [1.807, 2.05) is 0 Å². The van der Waals surface area contributed by atoms with Crippen LogP contribution in [0.3, 0.4) is 0 Å². The van der Waals surface area contributed by atoms with Gasteiger partial charge in [0.15, 0.2) is 0 Å². The molecule has 5 heteroatoms. The average molecular weight is 318 g/mol. The second-order valence-electron chi connectivity index (χ2n) is 6.15. The summed E-state index contributed by atoms with van der Waals surface area (Å²) in [7, 11) is 0. The Morgan fingerprint density at radius 2 is 1.83 bits per heavy atom. The van der Waals surface area contributed by atoms with Crippen LogP contribution in [-0.2, 0) is 4.79 Å². The van der Waals surface area contributed by atoms with Crippen LogP contribution in [0.25, 0.3) is 0 Å². The van der Waals surface area contributed by atoms with Crippen molar-refractivity contribution >= 4 is 17.5 Å². The lowest BCUT2D eigenvalue weighted by molar-refractivity contribution is -0.116. The third kappa shape index (κ3) is 6.02. The molecule has 0 saturated heterocycles. The number of rotatable bonds is 8. The van der Waals surface area contributed by atoms with Crippen molar-refractivity contribution in [3.63, 3.8) is 0 Å². The molecule has 0 spiro atoms. The van der Waals surface area contributed by atoms with E-state index in [4.69, 9.17) is 5.11 Å². The highest BCUT2D eigenvalue weighted by atomic mass is 16.3. The van der Waals surface area contributed by atoms with E-state index in [2.05, 4.69) is 10.6 Å². The molecule has 1 aliphatic carbocycles. The fourth-order valence-corrected chi connectivity index (χ4v) is 2.95. The Balaban J connectivity index is 1.75. The minimum Gasteiger partial charge on any atom is -0.396 e. The maximum atomic E-state index is 11.9. The Kier molecular flexibility index (Phi) is 7.07. The molecule has 0 radical (unpaired) electrons. The topological polar surface area (TPSA) is 78.4 Å². The Bertz CT molecular complexity index is 508. The van der Waals surface area contributed by atoms with Crippen LogP contribution in [0, 0.1) is 5.92 Å². The van der Waals surface area contributed by atoms with Gasteiger partial charge in [-0.1, -0.05) is 25.7 Å². The summed E-state index contributed by atoms with van der Waals surface area (Å²) >= 11 is 0. The van der Waals surface area contributed by atoms with Gasteiger partial charge in [-0.2, -0.15) is 0 Å². The molecule has 1 fully saturated rings. The first kappa shape index (κ1) is 17.5. The van der Waals surface area contributed by atoms with Crippen molar-refractivity contribution in [1.82, 2.24) is 5.32 Å². The Hall–Kier alpha value is -1.88. The number of hydrogen-bond donors (Lipinski definition) is 3. The Morgan fingerprint density at radius 1 is 1.13 bits per heavy atom. The first-order valence-electron chi connectivity index (χ1n) is 8.48. The second kappa shape index (κ2) is 9.30. The quantitative estimate of drug-likeness (QED) is 0.645. The molecule has 1 saturated carbocycles. The van der Waals surface area contributed by atoms with Crippen LogP contribution >= 0.6 is 0 Å². The van der Waals surface area contributed by atoms with Gasteiger partial charge >= 0.3 is 0 Å². The van der Waals surface area contributed by atoms with Gasteiger partial charge in [0, 0.05) is 30.8 Å². The maximum Gasteiger partial charge on any atom is 0.251 e. The van der Waals surface area contributed by atoms with Crippen molar-refractivity contribution < 1.29 is 14.7 Å². The minimum atomic E-state index is -0.169. The number of amides is 2. The van der Waals surface area contributed by atoms with Crippen molar-refractivity contribution in [3.8, 4) is 0 Å². The van der Waals surface area contributed by atoms with Crippen molar-refractivity contribution in [2.24, 2.45) is 5.92 Å². The van der Waals surface area contributed by atoms with Crippen LogP contribution in [0.4, 0.5) is 5.69 Å². The molecule has 2 amide bonds. The fraction of sp³-hybridized carbons (Fsp3) is 0.556. The monoisotopic (exact) mass is 318 g/mol. The summed E-state index contributed by atoms with van der Waals surface area (Å²) < 4.78 is 0. The summed E-state index contributed by atoms with van der Waals surface area (Å²) in [5.41, 5.74) is 1.26. The van der Waals surface area contributed by atoms with Crippen molar-refractivity contribution in [1.29, 1.82) is 0 Å². The smallest absolute Gasteiger partial charge is 0.251 e. The van der Waals surface area contributed by atoms with Gasteiger partial charge in [0.2, 0.25) is 5.91 Å². The van der Waals surface area contributed by atoms with Crippen molar-refractivity contribution in [2.75, 3.05) is 18.5 Å². The molecule has 0 aliphatic heterocycles. The summed E-state index contributed by atoms with van der Waals surface area (Å²) in [4.78, 5) is 23.8. The highest BCUT2D eigenvalue weighted by Gasteiger charge is 2.16. The highest BCUT2D eigenvalue weighted by Crippen LogP contribution is 2.28. The minimum absolute atomic E-state index is 0.0389. The standard InChI is InChI=1S/C18H26N2O3/c21-13-3-12-19-18(23)15-7-9-16(10-8-15)20-17(22)11-6-14-4-1-2-5-14/h7-10,14,21H,1-6,11-13H2,(H,19,23)(H,20,22). The largest absolute Gasteiger partial charge is 0.396 e. The molecule has 2 rings (SSSR count). The Labute approximate surface area is 137 Å². The van der Waals surface area contributed by atoms with Gasteiger partial charge in [-0.3, -0.25) is 9.59 Å². The highest BCUT2D eigenvalue weighted by molar-refractivity contribution is 5.95. The Morgan fingerprint density at radius 3 is 2.48 bits per heavy atom. The number of carbonyl (C=O) groups excluding carboxylic acids is 2. The first-order chi connectivity index (χ1) is 11.2. The van der Waals surface area contributed by atoms with Gasteiger partial charge in [-0.25, -0.2) is 0 Å². The summed E-state index contributed by atoms with van der Waals surface area (Å²) in [6.07, 6.45) is 7.19. The number of carbonyl (C=O) groups is 2. The lowest BCUT2D eigenvalue weighted by atomic mass is 10.0. The van der Waals surface area contributed by atoms with E-state index in [-0.39, 0.29) is 18.4 Å².